The number of nitrogens with zero attached hydrogens (tertiary/aromatic N) is 1. The van der Waals surface area contributed by atoms with E-state index in [1.807, 2.05) is 24.3 Å². The van der Waals surface area contributed by atoms with Crippen LogP contribution in [0.15, 0.2) is 24.3 Å². The molecule has 0 aliphatic carbocycles. The van der Waals surface area contributed by atoms with E-state index in [0.29, 0.717) is 11.5 Å². The van der Waals surface area contributed by atoms with E-state index in [1.54, 1.807) is 14.0 Å². The summed E-state index contributed by atoms with van der Waals surface area (Å²) in [7, 11) is 1.59. The molecule has 0 spiro atoms. The predicted molar refractivity (Wildman–Crippen MR) is 91.0 cm³/mol. The predicted octanol–water partition coefficient (Wildman–Crippen LogP) is 2.45. The number of methoxy groups -OCH3 is 1. The van der Waals surface area contributed by atoms with Gasteiger partial charge in [0.05, 0.1) is 7.11 Å². The molecule has 0 aromatic heterocycles. The van der Waals surface area contributed by atoms with Crippen molar-refractivity contribution in [3.05, 3.63) is 24.3 Å². The van der Waals surface area contributed by atoms with Gasteiger partial charge >= 0.3 is 0 Å². The molecule has 128 valence electrons. The molecule has 1 aliphatic rings. The van der Waals surface area contributed by atoms with Crippen LogP contribution in [0.3, 0.4) is 0 Å². The quantitative estimate of drug-likeness (QED) is 0.838. The van der Waals surface area contributed by atoms with E-state index in [4.69, 9.17) is 9.47 Å². The van der Waals surface area contributed by atoms with E-state index in [1.165, 1.54) is 6.42 Å². The van der Waals surface area contributed by atoms with Crippen LogP contribution in [-0.4, -0.2) is 49.7 Å². The zero-order valence-corrected chi connectivity index (χ0v) is 14.4. The summed E-state index contributed by atoms with van der Waals surface area (Å²) in [5.41, 5.74) is 0. The lowest BCUT2D eigenvalue weighted by Crippen LogP contribution is -2.48. The van der Waals surface area contributed by atoms with Crippen molar-refractivity contribution in [3.63, 3.8) is 0 Å². The second-order valence-corrected chi connectivity index (χ2v) is 6.04. The number of hydrogen-bond acceptors (Lipinski definition) is 4. The molecule has 5 nitrogen and oxygen atoms in total. The number of para-hydroxylation sites is 2. The Morgan fingerprint density at radius 2 is 1.96 bits per heavy atom. The van der Waals surface area contributed by atoms with Crippen LogP contribution in [0, 0.1) is 0 Å². The number of rotatable bonds is 7. The summed E-state index contributed by atoms with van der Waals surface area (Å²) in [4.78, 5) is 14.8. The van der Waals surface area contributed by atoms with Crippen molar-refractivity contribution in [1.29, 1.82) is 0 Å². The minimum absolute atomic E-state index is 0.0650. The van der Waals surface area contributed by atoms with Gasteiger partial charge < -0.3 is 19.7 Å². The highest BCUT2D eigenvalue weighted by molar-refractivity contribution is 5.81. The molecule has 2 rings (SSSR count). The first-order chi connectivity index (χ1) is 11.1. The van der Waals surface area contributed by atoms with Crippen molar-refractivity contribution in [2.45, 2.75) is 45.3 Å². The number of benzene rings is 1. The van der Waals surface area contributed by atoms with Gasteiger partial charge in [0, 0.05) is 19.1 Å². The molecule has 1 aliphatic heterocycles. The minimum atomic E-state index is -0.542. The summed E-state index contributed by atoms with van der Waals surface area (Å²) >= 11 is 0. The third-order valence-electron chi connectivity index (χ3n) is 4.22. The standard InChI is InChI=1S/C18H28N2O3/c1-4-11-20-12-9-15(10-13-20)19-18(21)14(2)23-17-8-6-5-7-16(17)22-3/h5-8,14-15H,4,9-13H2,1-3H3,(H,19,21). The van der Waals surface area contributed by atoms with Crippen molar-refractivity contribution >= 4 is 5.91 Å². The second-order valence-electron chi connectivity index (χ2n) is 6.04. The SMILES string of the molecule is CCCN1CCC(NC(=O)C(C)Oc2ccccc2OC)CC1. The Labute approximate surface area is 139 Å². The molecule has 5 heteroatoms. The van der Waals surface area contributed by atoms with Gasteiger partial charge in [0.2, 0.25) is 0 Å². The Bertz CT molecular complexity index is 499. The number of carbonyl (C=O) groups excluding carboxylic acids is 1. The lowest BCUT2D eigenvalue weighted by Gasteiger charge is -2.32. The van der Waals surface area contributed by atoms with Gasteiger partial charge in [0.1, 0.15) is 0 Å². The average Bonchev–Trinajstić information content (AvgIpc) is 2.57. The van der Waals surface area contributed by atoms with Gasteiger partial charge in [-0.15, -0.1) is 0 Å². The second kappa shape index (κ2) is 8.77. The molecule has 0 bridgehead atoms. The molecule has 0 radical (unpaired) electrons. The Hall–Kier alpha value is -1.75. The van der Waals surface area contributed by atoms with Crippen LogP contribution in [0.1, 0.15) is 33.1 Å². The molecule has 1 N–H and O–H groups in total. The molecule has 0 saturated carbocycles. The Kier molecular flexibility index (Phi) is 6.71. The number of piperidine rings is 1. The maximum absolute atomic E-state index is 12.3. The largest absolute Gasteiger partial charge is 0.493 e. The smallest absolute Gasteiger partial charge is 0.260 e. The number of amides is 1. The fourth-order valence-electron chi connectivity index (χ4n) is 2.90. The zero-order valence-electron chi connectivity index (χ0n) is 14.4. The maximum Gasteiger partial charge on any atom is 0.260 e. The van der Waals surface area contributed by atoms with E-state index in [-0.39, 0.29) is 11.9 Å². The van der Waals surface area contributed by atoms with E-state index < -0.39 is 6.10 Å². The number of likely N-dealkylation sites (tertiary alicyclic amines) is 1. The van der Waals surface area contributed by atoms with E-state index >= 15 is 0 Å². The normalized spacial score (nSPS) is 17.5. The lowest BCUT2D eigenvalue weighted by molar-refractivity contribution is -0.128. The van der Waals surface area contributed by atoms with E-state index in [0.717, 1.165) is 32.5 Å². The summed E-state index contributed by atoms with van der Waals surface area (Å²) in [5.74, 6) is 1.17. The number of nitrogens with one attached hydrogen (secondary N) is 1. The molecule has 1 amide bonds. The molecule has 1 aromatic rings. The molecule has 1 heterocycles. The molecule has 1 atom stereocenters. The van der Waals surface area contributed by atoms with Crippen LogP contribution in [-0.2, 0) is 4.79 Å². The van der Waals surface area contributed by atoms with Crippen LogP contribution in [0.5, 0.6) is 11.5 Å². The highest BCUT2D eigenvalue weighted by Gasteiger charge is 2.23. The van der Waals surface area contributed by atoms with Gasteiger partial charge in [0.15, 0.2) is 17.6 Å². The van der Waals surface area contributed by atoms with Crippen molar-refractivity contribution in [1.82, 2.24) is 10.2 Å². The summed E-state index contributed by atoms with van der Waals surface area (Å²) < 4.78 is 11.0. The summed E-state index contributed by atoms with van der Waals surface area (Å²) in [6, 6.07) is 7.63. The average molecular weight is 320 g/mol. The van der Waals surface area contributed by atoms with Crippen molar-refractivity contribution in [2.24, 2.45) is 0 Å². The van der Waals surface area contributed by atoms with E-state index in [2.05, 4.69) is 17.1 Å². The van der Waals surface area contributed by atoms with Crippen LogP contribution < -0.4 is 14.8 Å². The van der Waals surface area contributed by atoms with Crippen molar-refractivity contribution in [3.8, 4) is 11.5 Å². The Balaban J connectivity index is 1.81. The molecular weight excluding hydrogens is 292 g/mol. The first-order valence-electron chi connectivity index (χ1n) is 8.46. The molecule has 23 heavy (non-hydrogen) atoms. The summed E-state index contributed by atoms with van der Waals surface area (Å²) in [6.07, 6.45) is 2.65. The lowest BCUT2D eigenvalue weighted by atomic mass is 10.0. The molecule has 1 fully saturated rings. The highest BCUT2D eigenvalue weighted by Crippen LogP contribution is 2.26. The van der Waals surface area contributed by atoms with Crippen LogP contribution in [0.25, 0.3) is 0 Å². The highest BCUT2D eigenvalue weighted by atomic mass is 16.5. The minimum Gasteiger partial charge on any atom is -0.493 e. The third-order valence-corrected chi connectivity index (χ3v) is 4.22. The van der Waals surface area contributed by atoms with Crippen molar-refractivity contribution in [2.75, 3.05) is 26.7 Å². The number of ether oxygens (including phenoxy) is 2. The Morgan fingerprint density at radius 3 is 2.57 bits per heavy atom. The first kappa shape index (κ1) is 17.6. The zero-order chi connectivity index (χ0) is 16.7. The van der Waals surface area contributed by atoms with Crippen molar-refractivity contribution < 1.29 is 14.3 Å². The molecule has 1 saturated heterocycles. The summed E-state index contributed by atoms with van der Waals surface area (Å²) in [6.45, 7) is 7.23. The van der Waals surface area contributed by atoms with Gasteiger partial charge in [-0.1, -0.05) is 19.1 Å². The Morgan fingerprint density at radius 1 is 1.30 bits per heavy atom. The number of hydrogen-bond donors (Lipinski definition) is 1. The molecule has 1 aromatic carbocycles. The van der Waals surface area contributed by atoms with Gasteiger partial charge in [-0.05, 0) is 44.9 Å². The van der Waals surface area contributed by atoms with Gasteiger partial charge in [-0.25, -0.2) is 0 Å². The fraction of sp³-hybridized carbons (Fsp3) is 0.611. The van der Waals surface area contributed by atoms with Gasteiger partial charge in [-0.3, -0.25) is 4.79 Å². The summed E-state index contributed by atoms with van der Waals surface area (Å²) in [5, 5.41) is 3.11. The third kappa shape index (κ3) is 5.13. The van der Waals surface area contributed by atoms with Gasteiger partial charge in [-0.2, -0.15) is 0 Å². The van der Waals surface area contributed by atoms with Crippen LogP contribution in [0.2, 0.25) is 0 Å². The molecule has 1 unspecified atom stereocenters. The first-order valence-corrected chi connectivity index (χ1v) is 8.46. The van der Waals surface area contributed by atoms with Crippen LogP contribution in [0.4, 0.5) is 0 Å². The number of carbonyl (C=O) groups is 1. The topological polar surface area (TPSA) is 50.8 Å². The molecular formula is C18H28N2O3. The van der Waals surface area contributed by atoms with E-state index in [9.17, 15) is 4.79 Å². The van der Waals surface area contributed by atoms with Crippen LogP contribution >= 0.6 is 0 Å². The maximum atomic E-state index is 12.3. The van der Waals surface area contributed by atoms with Gasteiger partial charge in [0.25, 0.3) is 5.91 Å². The monoisotopic (exact) mass is 320 g/mol. The fourth-order valence-corrected chi connectivity index (χ4v) is 2.90.